The van der Waals surface area contributed by atoms with Gasteiger partial charge >= 0.3 is 0 Å². The van der Waals surface area contributed by atoms with E-state index in [4.69, 9.17) is 4.74 Å². The molecule has 0 aromatic carbocycles. The molecular weight excluding hydrogens is 218 g/mol. The van der Waals surface area contributed by atoms with Crippen molar-refractivity contribution in [1.82, 2.24) is 9.55 Å². The van der Waals surface area contributed by atoms with Crippen LogP contribution in [0.4, 0.5) is 5.95 Å². The SMILES string of the molecule is COCc1cc(=O)n2c(n1)N(CC1CC1)CC2. The first-order valence-electron chi connectivity index (χ1n) is 6.12. The lowest BCUT2D eigenvalue weighted by molar-refractivity contribution is 0.181. The van der Waals surface area contributed by atoms with Crippen molar-refractivity contribution >= 4 is 5.95 Å². The summed E-state index contributed by atoms with van der Waals surface area (Å²) < 4.78 is 6.81. The molecule has 0 N–H and O–H groups in total. The molecule has 5 heteroatoms. The molecule has 1 aromatic heterocycles. The Hall–Kier alpha value is -1.36. The Morgan fingerprint density at radius 3 is 3.00 bits per heavy atom. The van der Waals surface area contributed by atoms with Gasteiger partial charge in [-0.15, -0.1) is 0 Å². The van der Waals surface area contributed by atoms with E-state index in [1.54, 1.807) is 17.7 Å². The lowest BCUT2D eigenvalue weighted by atomic mass is 10.4. The largest absolute Gasteiger partial charge is 0.378 e. The number of ether oxygens (including phenoxy) is 1. The Kier molecular flexibility index (Phi) is 2.63. The molecule has 5 nitrogen and oxygen atoms in total. The third-order valence-corrected chi connectivity index (χ3v) is 3.39. The highest BCUT2D eigenvalue weighted by atomic mass is 16.5. The van der Waals surface area contributed by atoms with Gasteiger partial charge in [-0.2, -0.15) is 0 Å². The van der Waals surface area contributed by atoms with Crippen LogP contribution < -0.4 is 10.5 Å². The molecule has 1 aliphatic carbocycles. The normalized spacial score (nSPS) is 18.5. The highest BCUT2D eigenvalue weighted by Gasteiger charge is 2.29. The molecule has 1 saturated carbocycles. The average molecular weight is 235 g/mol. The molecule has 0 unspecified atom stereocenters. The molecule has 2 heterocycles. The Labute approximate surface area is 100 Å². The summed E-state index contributed by atoms with van der Waals surface area (Å²) in [6.07, 6.45) is 2.64. The molecule has 0 atom stereocenters. The topological polar surface area (TPSA) is 47.4 Å². The molecule has 1 aromatic rings. The van der Waals surface area contributed by atoms with Crippen LogP contribution in [0.2, 0.25) is 0 Å². The van der Waals surface area contributed by atoms with Crippen molar-refractivity contribution in [2.24, 2.45) is 5.92 Å². The monoisotopic (exact) mass is 235 g/mol. The van der Waals surface area contributed by atoms with Crippen LogP contribution in [0.3, 0.4) is 0 Å². The van der Waals surface area contributed by atoms with Gasteiger partial charge < -0.3 is 9.64 Å². The van der Waals surface area contributed by atoms with Gasteiger partial charge in [-0.25, -0.2) is 4.98 Å². The third kappa shape index (κ3) is 2.07. The van der Waals surface area contributed by atoms with Crippen molar-refractivity contribution in [3.05, 3.63) is 22.1 Å². The van der Waals surface area contributed by atoms with Crippen LogP contribution in [-0.2, 0) is 17.9 Å². The number of hydrogen-bond acceptors (Lipinski definition) is 4. The van der Waals surface area contributed by atoms with Crippen LogP contribution in [0, 0.1) is 5.92 Å². The molecule has 0 spiro atoms. The van der Waals surface area contributed by atoms with E-state index in [0.29, 0.717) is 6.61 Å². The summed E-state index contributed by atoms with van der Waals surface area (Å²) in [6.45, 7) is 3.12. The fraction of sp³-hybridized carbons (Fsp3) is 0.667. The standard InChI is InChI=1S/C12H17N3O2/c1-17-8-10-6-11(16)15-5-4-14(12(15)13-10)7-9-2-3-9/h6,9H,2-5,7-8H2,1H3. The number of rotatable bonds is 4. The molecule has 0 amide bonds. The summed E-state index contributed by atoms with van der Waals surface area (Å²) in [5, 5.41) is 0. The van der Waals surface area contributed by atoms with Gasteiger partial charge in [-0.1, -0.05) is 0 Å². The van der Waals surface area contributed by atoms with Crippen LogP contribution >= 0.6 is 0 Å². The van der Waals surface area contributed by atoms with E-state index in [2.05, 4.69) is 9.88 Å². The Morgan fingerprint density at radius 2 is 2.29 bits per heavy atom. The molecule has 2 aliphatic rings. The van der Waals surface area contributed by atoms with Crippen LogP contribution in [0.5, 0.6) is 0 Å². The zero-order chi connectivity index (χ0) is 11.8. The second-order valence-corrected chi connectivity index (χ2v) is 4.86. The van der Waals surface area contributed by atoms with Gasteiger partial charge in [0.05, 0.1) is 12.3 Å². The van der Waals surface area contributed by atoms with Gasteiger partial charge in [-0.05, 0) is 18.8 Å². The second kappa shape index (κ2) is 4.14. The zero-order valence-corrected chi connectivity index (χ0v) is 10.1. The predicted molar refractivity (Wildman–Crippen MR) is 64.1 cm³/mol. The maximum Gasteiger partial charge on any atom is 0.255 e. The molecule has 0 radical (unpaired) electrons. The molecule has 17 heavy (non-hydrogen) atoms. The van der Waals surface area contributed by atoms with E-state index in [1.807, 2.05) is 0 Å². The maximum atomic E-state index is 11.9. The van der Waals surface area contributed by atoms with Crippen molar-refractivity contribution in [3.8, 4) is 0 Å². The van der Waals surface area contributed by atoms with Crippen molar-refractivity contribution in [3.63, 3.8) is 0 Å². The third-order valence-electron chi connectivity index (χ3n) is 3.39. The van der Waals surface area contributed by atoms with Crippen molar-refractivity contribution in [2.45, 2.75) is 26.0 Å². The summed E-state index contributed by atoms with van der Waals surface area (Å²) in [5.41, 5.74) is 0.770. The fourth-order valence-corrected chi connectivity index (χ4v) is 2.32. The zero-order valence-electron chi connectivity index (χ0n) is 10.1. The van der Waals surface area contributed by atoms with E-state index in [0.717, 1.165) is 37.2 Å². The number of anilines is 1. The highest BCUT2D eigenvalue weighted by molar-refractivity contribution is 5.36. The van der Waals surface area contributed by atoms with Gasteiger partial charge in [0.1, 0.15) is 0 Å². The first-order valence-corrected chi connectivity index (χ1v) is 6.12. The Bertz CT molecular complexity index is 479. The molecule has 3 rings (SSSR count). The van der Waals surface area contributed by atoms with Gasteiger partial charge in [0.25, 0.3) is 5.56 Å². The number of aromatic nitrogens is 2. The van der Waals surface area contributed by atoms with Crippen molar-refractivity contribution in [1.29, 1.82) is 0 Å². The summed E-state index contributed by atoms with van der Waals surface area (Å²) in [6, 6.07) is 1.58. The quantitative estimate of drug-likeness (QED) is 0.767. The van der Waals surface area contributed by atoms with E-state index < -0.39 is 0 Å². The van der Waals surface area contributed by atoms with Crippen molar-refractivity contribution in [2.75, 3.05) is 25.1 Å². The Balaban J connectivity index is 1.91. The van der Waals surface area contributed by atoms with Crippen LogP contribution in [-0.4, -0.2) is 29.8 Å². The average Bonchev–Trinajstić information content (AvgIpc) is 3.01. The van der Waals surface area contributed by atoms with Gasteiger partial charge in [0.2, 0.25) is 5.95 Å². The van der Waals surface area contributed by atoms with Crippen LogP contribution in [0.1, 0.15) is 18.5 Å². The molecule has 1 fully saturated rings. The first kappa shape index (κ1) is 10.8. The van der Waals surface area contributed by atoms with E-state index >= 15 is 0 Å². The lowest BCUT2D eigenvalue weighted by Gasteiger charge is -2.17. The van der Waals surface area contributed by atoms with Crippen molar-refractivity contribution < 1.29 is 4.74 Å². The van der Waals surface area contributed by atoms with Crippen LogP contribution in [0.25, 0.3) is 0 Å². The number of fused-ring (bicyclic) bond motifs is 1. The smallest absolute Gasteiger partial charge is 0.255 e. The van der Waals surface area contributed by atoms with Crippen LogP contribution in [0.15, 0.2) is 10.9 Å². The fourth-order valence-electron chi connectivity index (χ4n) is 2.32. The van der Waals surface area contributed by atoms with E-state index in [1.165, 1.54) is 12.8 Å². The van der Waals surface area contributed by atoms with Gasteiger partial charge in [0.15, 0.2) is 0 Å². The highest BCUT2D eigenvalue weighted by Crippen LogP contribution is 2.31. The van der Waals surface area contributed by atoms with E-state index in [9.17, 15) is 4.79 Å². The summed E-state index contributed by atoms with van der Waals surface area (Å²) in [4.78, 5) is 18.7. The Morgan fingerprint density at radius 1 is 1.47 bits per heavy atom. The second-order valence-electron chi connectivity index (χ2n) is 4.86. The summed E-state index contributed by atoms with van der Waals surface area (Å²) in [7, 11) is 1.62. The minimum Gasteiger partial charge on any atom is -0.378 e. The minimum atomic E-state index is 0.0420. The molecular formula is C12H17N3O2. The maximum absolute atomic E-state index is 11.9. The first-order chi connectivity index (χ1) is 8.28. The minimum absolute atomic E-state index is 0.0420. The van der Waals surface area contributed by atoms with Gasteiger partial charge in [-0.3, -0.25) is 9.36 Å². The molecule has 92 valence electrons. The molecule has 0 saturated heterocycles. The van der Waals surface area contributed by atoms with Gasteiger partial charge in [0, 0.05) is 32.8 Å². The predicted octanol–water partition coefficient (Wildman–Crippen LogP) is 0.620. The number of methoxy groups -OCH3 is 1. The lowest BCUT2D eigenvalue weighted by Crippen LogP contribution is -2.25. The number of hydrogen-bond donors (Lipinski definition) is 0. The molecule has 1 aliphatic heterocycles. The molecule has 0 bridgehead atoms. The summed E-state index contributed by atoms with van der Waals surface area (Å²) >= 11 is 0. The van der Waals surface area contributed by atoms with E-state index in [-0.39, 0.29) is 5.56 Å². The summed E-state index contributed by atoms with van der Waals surface area (Å²) in [5.74, 6) is 1.64. The number of nitrogens with zero attached hydrogens (tertiary/aromatic N) is 3.